The number of methoxy groups -OCH3 is 1. The first-order chi connectivity index (χ1) is 10.3. The Morgan fingerprint density at radius 3 is 2.52 bits per heavy atom. The summed E-state index contributed by atoms with van der Waals surface area (Å²) >= 11 is 0. The maximum atomic E-state index is 12.0. The van der Waals surface area contributed by atoms with Crippen LogP contribution in [0.25, 0.3) is 0 Å². The first-order valence-corrected chi connectivity index (χ1v) is 6.92. The molecule has 1 aliphatic heterocycles. The molecule has 0 spiro atoms. The van der Waals surface area contributed by atoms with E-state index in [-0.39, 0.29) is 12.1 Å². The van der Waals surface area contributed by atoms with Crippen LogP contribution in [0.2, 0.25) is 0 Å². The second-order valence-corrected chi connectivity index (χ2v) is 4.99. The molecule has 4 heteroatoms. The number of carbonyl (C=O) groups excluding carboxylic acids is 1. The third kappa shape index (κ3) is 2.84. The molecule has 2 aromatic rings. The van der Waals surface area contributed by atoms with Gasteiger partial charge in [0.1, 0.15) is 12.4 Å². The van der Waals surface area contributed by atoms with Gasteiger partial charge in [0.05, 0.1) is 13.2 Å². The Morgan fingerprint density at radius 1 is 1.14 bits per heavy atom. The molecular formula is C17H17NO3. The van der Waals surface area contributed by atoms with Gasteiger partial charge in [0.2, 0.25) is 0 Å². The Hall–Kier alpha value is -2.49. The van der Waals surface area contributed by atoms with Crippen LogP contribution in [0.5, 0.6) is 5.75 Å². The predicted octanol–water partition coefficient (Wildman–Crippen LogP) is 3.26. The van der Waals surface area contributed by atoms with Gasteiger partial charge in [0.15, 0.2) is 0 Å². The molecule has 0 saturated carbocycles. The third-order valence-electron chi connectivity index (χ3n) is 3.63. The monoisotopic (exact) mass is 283 g/mol. The lowest BCUT2D eigenvalue weighted by molar-refractivity contribution is 0.178. The van der Waals surface area contributed by atoms with Crippen LogP contribution in [0, 0.1) is 0 Å². The minimum absolute atomic E-state index is 0.0216. The molecule has 2 aromatic carbocycles. The summed E-state index contributed by atoms with van der Waals surface area (Å²) in [4.78, 5) is 13.7. The quantitative estimate of drug-likeness (QED) is 0.864. The molecule has 0 aliphatic carbocycles. The van der Waals surface area contributed by atoms with Crippen LogP contribution in [-0.4, -0.2) is 25.9 Å². The highest BCUT2D eigenvalue weighted by Gasteiger charge is 2.34. The molecule has 0 bridgehead atoms. The van der Waals surface area contributed by atoms with Crippen LogP contribution < -0.4 is 9.64 Å². The lowest BCUT2D eigenvalue weighted by Crippen LogP contribution is -2.34. The zero-order chi connectivity index (χ0) is 14.7. The Bertz CT molecular complexity index is 610. The minimum atomic E-state index is -0.291. The maximum absolute atomic E-state index is 12.0. The molecule has 1 heterocycles. The standard InChI is InChI=1S/C17H17NO3/c1-20-16-9-7-14(8-10-16)18-15(12-21-17(18)19)11-13-5-3-2-4-6-13/h2-10,15H,11-12H2,1H3/t15-/m0/s1. The fourth-order valence-electron chi connectivity index (χ4n) is 2.56. The molecule has 1 amide bonds. The number of ether oxygens (including phenoxy) is 2. The Kier molecular flexibility index (Phi) is 3.77. The molecule has 108 valence electrons. The van der Waals surface area contributed by atoms with Crippen LogP contribution in [0.3, 0.4) is 0 Å². The number of benzene rings is 2. The van der Waals surface area contributed by atoms with Gasteiger partial charge in [-0.05, 0) is 36.2 Å². The van der Waals surface area contributed by atoms with Crippen molar-refractivity contribution in [2.45, 2.75) is 12.5 Å². The van der Waals surface area contributed by atoms with Gasteiger partial charge in [-0.3, -0.25) is 4.90 Å². The molecule has 0 unspecified atom stereocenters. The Labute approximate surface area is 123 Å². The van der Waals surface area contributed by atoms with Gasteiger partial charge >= 0.3 is 6.09 Å². The van der Waals surface area contributed by atoms with E-state index >= 15 is 0 Å². The van der Waals surface area contributed by atoms with Crippen molar-refractivity contribution in [1.29, 1.82) is 0 Å². The van der Waals surface area contributed by atoms with E-state index < -0.39 is 0 Å². The number of hydrogen-bond donors (Lipinski definition) is 0. The van der Waals surface area contributed by atoms with Crippen molar-refractivity contribution in [2.75, 3.05) is 18.6 Å². The molecule has 21 heavy (non-hydrogen) atoms. The number of nitrogens with zero attached hydrogens (tertiary/aromatic N) is 1. The second-order valence-electron chi connectivity index (χ2n) is 4.99. The SMILES string of the molecule is COc1ccc(N2C(=O)OC[C@@H]2Cc2ccccc2)cc1. The fraction of sp³-hybridized carbons (Fsp3) is 0.235. The van der Waals surface area contributed by atoms with Gasteiger partial charge in [-0.2, -0.15) is 0 Å². The number of rotatable bonds is 4. The number of hydrogen-bond acceptors (Lipinski definition) is 3. The van der Waals surface area contributed by atoms with Crippen molar-refractivity contribution in [2.24, 2.45) is 0 Å². The van der Waals surface area contributed by atoms with E-state index in [2.05, 4.69) is 12.1 Å². The summed E-state index contributed by atoms with van der Waals surface area (Å²) in [5.41, 5.74) is 2.03. The zero-order valence-corrected chi connectivity index (χ0v) is 11.9. The van der Waals surface area contributed by atoms with Gasteiger partial charge < -0.3 is 9.47 Å². The normalized spacial score (nSPS) is 17.7. The molecule has 1 saturated heterocycles. The van der Waals surface area contributed by atoms with Crippen LogP contribution in [-0.2, 0) is 11.2 Å². The smallest absolute Gasteiger partial charge is 0.414 e. The molecule has 1 atom stereocenters. The highest BCUT2D eigenvalue weighted by Crippen LogP contribution is 2.27. The highest BCUT2D eigenvalue weighted by atomic mass is 16.6. The van der Waals surface area contributed by atoms with Crippen molar-refractivity contribution in [1.82, 2.24) is 0 Å². The largest absolute Gasteiger partial charge is 0.497 e. The van der Waals surface area contributed by atoms with E-state index in [9.17, 15) is 4.79 Å². The zero-order valence-electron chi connectivity index (χ0n) is 11.9. The number of amides is 1. The fourth-order valence-corrected chi connectivity index (χ4v) is 2.56. The number of cyclic esters (lactones) is 1. The van der Waals surface area contributed by atoms with E-state index in [4.69, 9.17) is 9.47 Å². The summed E-state index contributed by atoms with van der Waals surface area (Å²) in [5, 5.41) is 0. The third-order valence-corrected chi connectivity index (χ3v) is 3.63. The van der Waals surface area contributed by atoms with Gasteiger partial charge in [0, 0.05) is 5.69 Å². The van der Waals surface area contributed by atoms with E-state index in [1.807, 2.05) is 42.5 Å². The lowest BCUT2D eigenvalue weighted by atomic mass is 10.1. The van der Waals surface area contributed by atoms with E-state index in [1.54, 1.807) is 12.0 Å². The van der Waals surface area contributed by atoms with Crippen molar-refractivity contribution >= 4 is 11.8 Å². The molecule has 3 rings (SSSR count). The summed E-state index contributed by atoms with van der Waals surface area (Å²) in [7, 11) is 1.62. The molecule has 1 aliphatic rings. The summed E-state index contributed by atoms with van der Waals surface area (Å²) in [6.45, 7) is 0.416. The van der Waals surface area contributed by atoms with Crippen molar-refractivity contribution in [3.63, 3.8) is 0 Å². The van der Waals surface area contributed by atoms with Crippen LogP contribution >= 0.6 is 0 Å². The molecule has 0 aromatic heterocycles. The minimum Gasteiger partial charge on any atom is -0.497 e. The molecule has 4 nitrogen and oxygen atoms in total. The topological polar surface area (TPSA) is 38.8 Å². The van der Waals surface area contributed by atoms with E-state index in [0.29, 0.717) is 6.61 Å². The first kappa shape index (κ1) is 13.5. The average molecular weight is 283 g/mol. The first-order valence-electron chi connectivity index (χ1n) is 6.92. The van der Waals surface area contributed by atoms with Gasteiger partial charge in [-0.25, -0.2) is 4.79 Å². The van der Waals surface area contributed by atoms with Gasteiger partial charge in [-0.15, -0.1) is 0 Å². The summed E-state index contributed by atoms with van der Waals surface area (Å²) in [6.07, 6.45) is 0.486. The Balaban J connectivity index is 1.81. The van der Waals surface area contributed by atoms with Crippen molar-refractivity contribution in [3.05, 3.63) is 60.2 Å². The maximum Gasteiger partial charge on any atom is 0.414 e. The number of anilines is 1. The van der Waals surface area contributed by atoms with Crippen molar-refractivity contribution < 1.29 is 14.3 Å². The molecule has 1 fully saturated rings. The highest BCUT2D eigenvalue weighted by molar-refractivity contribution is 5.90. The Morgan fingerprint density at radius 2 is 1.86 bits per heavy atom. The number of carbonyl (C=O) groups is 1. The summed E-state index contributed by atoms with van der Waals surface area (Å²) < 4.78 is 10.4. The van der Waals surface area contributed by atoms with Crippen LogP contribution in [0.1, 0.15) is 5.56 Å². The molecular weight excluding hydrogens is 266 g/mol. The second kappa shape index (κ2) is 5.87. The molecule has 0 radical (unpaired) electrons. The average Bonchev–Trinajstić information content (AvgIpc) is 2.89. The van der Waals surface area contributed by atoms with Crippen molar-refractivity contribution in [3.8, 4) is 5.75 Å². The van der Waals surface area contributed by atoms with Gasteiger partial charge in [0.25, 0.3) is 0 Å². The molecule has 0 N–H and O–H groups in total. The van der Waals surface area contributed by atoms with Crippen LogP contribution in [0.15, 0.2) is 54.6 Å². The van der Waals surface area contributed by atoms with Crippen LogP contribution in [0.4, 0.5) is 10.5 Å². The predicted molar refractivity (Wildman–Crippen MR) is 80.8 cm³/mol. The summed E-state index contributed by atoms with van der Waals surface area (Å²) in [5.74, 6) is 0.769. The van der Waals surface area contributed by atoms with Gasteiger partial charge in [-0.1, -0.05) is 30.3 Å². The lowest BCUT2D eigenvalue weighted by Gasteiger charge is -2.21. The summed E-state index contributed by atoms with van der Waals surface area (Å²) in [6, 6.07) is 17.6. The van der Waals surface area contributed by atoms with E-state index in [0.717, 1.165) is 17.9 Å². The van der Waals surface area contributed by atoms with E-state index in [1.165, 1.54) is 5.56 Å².